The number of carbonyl (C=O) groups is 1. The first-order chi connectivity index (χ1) is 10.1. The van der Waals surface area contributed by atoms with Crippen molar-refractivity contribution in [2.45, 2.75) is 18.8 Å². The summed E-state index contributed by atoms with van der Waals surface area (Å²) in [5.74, 6) is 0.753. The topological polar surface area (TPSA) is 38.3 Å². The summed E-state index contributed by atoms with van der Waals surface area (Å²) in [6.45, 7) is 1.92. The van der Waals surface area contributed by atoms with E-state index in [4.69, 9.17) is 16.3 Å². The highest BCUT2D eigenvalue weighted by molar-refractivity contribution is 6.33. The van der Waals surface area contributed by atoms with Crippen LogP contribution in [0, 0.1) is 0 Å². The second-order valence-electron chi connectivity index (χ2n) is 5.44. The van der Waals surface area contributed by atoms with Crippen molar-refractivity contribution in [2.24, 2.45) is 0 Å². The van der Waals surface area contributed by atoms with Crippen LogP contribution in [0.25, 0.3) is 0 Å². The van der Waals surface area contributed by atoms with Crippen molar-refractivity contribution in [1.29, 1.82) is 0 Å². The van der Waals surface area contributed by atoms with E-state index in [-0.39, 0.29) is 5.91 Å². The van der Waals surface area contributed by atoms with Gasteiger partial charge in [-0.05, 0) is 37.1 Å². The van der Waals surface area contributed by atoms with Crippen molar-refractivity contribution in [1.82, 2.24) is 0 Å². The maximum absolute atomic E-state index is 12.5. The van der Waals surface area contributed by atoms with E-state index in [1.54, 1.807) is 7.11 Å². The van der Waals surface area contributed by atoms with Gasteiger partial charge in [0.25, 0.3) is 0 Å². The molecule has 3 nitrogen and oxygen atoms in total. The summed E-state index contributed by atoms with van der Waals surface area (Å²) in [5, 5.41) is 3.54. The average Bonchev–Trinajstić information content (AvgIpc) is 2.72. The van der Waals surface area contributed by atoms with Gasteiger partial charge >= 0.3 is 0 Å². The number of hydrogen-bond acceptors (Lipinski definition) is 2. The van der Waals surface area contributed by atoms with Crippen LogP contribution in [-0.4, -0.2) is 13.0 Å². The highest BCUT2D eigenvalue weighted by Gasteiger charge is 2.44. The summed E-state index contributed by atoms with van der Waals surface area (Å²) in [5.41, 5.74) is 1.96. The van der Waals surface area contributed by atoms with Crippen molar-refractivity contribution < 1.29 is 9.53 Å². The van der Waals surface area contributed by atoms with Crippen LogP contribution in [0.2, 0.25) is 5.02 Å². The van der Waals surface area contributed by atoms with Crippen LogP contribution in [0.4, 0.5) is 5.69 Å². The fraction of sp³-hybridized carbons (Fsp3) is 0.235. The molecule has 0 aromatic heterocycles. The average molecular weight is 302 g/mol. The standard InChI is InChI=1S/C17H16ClNO2/c1-17(10-11-6-3-4-9-14(11)21-2)15-12(18)7-5-8-13(15)19-16(17)20/h3-9H,10H2,1-2H3,(H,19,20). The number of nitrogens with one attached hydrogen (secondary N) is 1. The van der Waals surface area contributed by atoms with E-state index in [0.29, 0.717) is 11.4 Å². The largest absolute Gasteiger partial charge is 0.496 e. The van der Waals surface area contributed by atoms with E-state index in [0.717, 1.165) is 22.6 Å². The SMILES string of the molecule is COc1ccccc1CC1(C)C(=O)Nc2cccc(Cl)c21. The van der Waals surface area contributed by atoms with E-state index in [2.05, 4.69) is 5.32 Å². The molecular formula is C17H16ClNO2. The Balaban J connectivity index is 2.08. The van der Waals surface area contributed by atoms with Crippen LogP contribution in [0.15, 0.2) is 42.5 Å². The molecule has 1 N–H and O–H groups in total. The smallest absolute Gasteiger partial charge is 0.235 e. The Morgan fingerprint density at radius 3 is 2.71 bits per heavy atom. The van der Waals surface area contributed by atoms with Gasteiger partial charge < -0.3 is 10.1 Å². The molecule has 1 unspecified atom stereocenters. The molecule has 0 saturated carbocycles. The number of halogens is 1. The lowest BCUT2D eigenvalue weighted by molar-refractivity contribution is -0.120. The van der Waals surface area contributed by atoms with Gasteiger partial charge in [0.05, 0.1) is 12.5 Å². The molecule has 0 fully saturated rings. The van der Waals surface area contributed by atoms with Gasteiger partial charge in [-0.3, -0.25) is 4.79 Å². The number of anilines is 1. The third-order valence-electron chi connectivity index (χ3n) is 4.05. The van der Waals surface area contributed by atoms with Crippen molar-refractivity contribution >= 4 is 23.2 Å². The first-order valence-electron chi connectivity index (χ1n) is 6.78. The zero-order valence-electron chi connectivity index (χ0n) is 11.9. The van der Waals surface area contributed by atoms with Crippen LogP contribution in [0.5, 0.6) is 5.75 Å². The summed E-state index contributed by atoms with van der Waals surface area (Å²) >= 11 is 6.34. The second kappa shape index (κ2) is 5.08. The molecule has 2 aromatic carbocycles. The van der Waals surface area contributed by atoms with Crippen LogP contribution >= 0.6 is 11.6 Å². The first-order valence-corrected chi connectivity index (χ1v) is 7.16. The van der Waals surface area contributed by atoms with Crippen LogP contribution in [-0.2, 0) is 16.6 Å². The van der Waals surface area contributed by atoms with Crippen LogP contribution < -0.4 is 10.1 Å². The van der Waals surface area contributed by atoms with Crippen LogP contribution in [0.3, 0.4) is 0 Å². The van der Waals surface area contributed by atoms with Gasteiger partial charge in [-0.1, -0.05) is 35.9 Å². The Morgan fingerprint density at radius 2 is 1.95 bits per heavy atom. The van der Waals surface area contributed by atoms with Gasteiger partial charge in [0, 0.05) is 16.3 Å². The molecule has 108 valence electrons. The van der Waals surface area contributed by atoms with Crippen LogP contribution in [0.1, 0.15) is 18.1 Å². The molecule has 4 heteroatoms. The Morgan fingerprint density at radius 1 is 1.19 bits per heavy atom. The molecule has 0 saturated heterocycles. The highest BCUT2D eigenvalue weighted by atomic mass is 35.5. The highest BCUT2D eigenvalue weighted by Crippen LogP contribution is 2.44. The lowest BCUT2D eigenvalue weighted by atomic mass is 9.78. The third-order valence-corrected chi connectivity index (χ3v) is 4.37. The summed E-state index contributed by atoms with van der Waals surface area (Å²) in [4.78, 5) is 12.5. The van der Waals surface area contributed by atoms with E-state index < -0.39 is 5.41 Å². The van der Waals surface area contributed by atoms with Gasteiger partial charge in [-0.25, -0.2) is 0 Å². The predicted molar refractivity (Wildman–Crippen MR) is 84.1 cm³/mol. The lowest BCUT2D eigenvalue weighted by Crippen LogP contribution is -2.33. The second-order valence-corrected chi connectivity index (χ2v) is 5.84. The minimum Gasteiger partial charge on any atom is -0.496 e. The van der Waals surface area contributed by atoms with Crippen molar-refractivity contribution in [3.05, 3.63) is 58.6 Å². The Bertz CT molecular complexity index is 714. The number of fused-ring (bicyclic) bond motifs is 1. The van der Waals surface area contributed by atoms with Crippen molar-refractivity contribution in [3.63, 3.8) is 0 Å². The number of amides is 1. The molecule has 0 radical (unpaired) electrons. The molecule has 1 aliphatic rings. The summed E-state index contributed by atoms with van der Waals surface area (Å²) in [6, 6.07) is 13.3. The zero-order valence-corrected chi connectivity index (χ0v) is 12.7. The molecule has 0 aliphatic carbocycles. The number of para-hydroxylation sites is 1. The number of ether oxygens (including phenoxy) is 1. The van der Waals surface area contributed by atoms with Gasteiger partial charge in [-0.15, -0.1) is 0 Å². The van der Waals surface area contributed by atoms with Gasteiger partial charge in [0.1, 0.15) is 5.75 Å². The molecular weight excluding hydrogens is 286 g/mol. The zero-order chi connectivity index (χ0) is 15.0. The number of benzene rings is 2. The molecule has 21 heavy (non-hydrogen) atoms. The minimum atomic E-state index is -0.692. The Labute approximate surface area is 128 Å². The van der Waals surface area contributed by atoms with Gasteiger partial charge in [0.2, 0.25) is 5.91 Å². The van der Waals surface area contributed by atoms with Crippen molar-refractivity contribution in [2.75, 3.05) is 12.4 Å². The molecule has 1 heterocycles. The number of methoxy groups -OCH3 is 1. The van der Waals surface area contributed by atoms with E-state index in [9.17, 15) is 4.79 Å². The van der Waals surface area contributed by atoms with E-state index in [1.807, 2.05) is 49.4 Å². The summed E-state index contributed by atoms with van der Waals surface area (Å²) in [6.07, 6.45) is 0.541. The summed E-state index contributed by atoms with van der Waals surface area (Å²) in [7, 11) is 1.64. The maximum atomic E-state index is 12.5. The Kier molecular flexibility index (Phi) is 3.38. The van der Waals surface area contributed by atoms with E-state index >= 15 is 0 Å². The lowest BCUT2D eigenvalue weighted by Gasteiger charge is -2.24. The Hall–Kier alpha value is -2.00. The van der Waals surface area contributed by atoms with Crippen molar-refractivity contribution in [3.8, 4) is 5.75 Å². The molecule has 1 atom stereocenters. The molecule has 1 amide bonds. The first kappa shape index (κ1) is 14.0. The molecule has 0 spiro atoms. The summed E-state index contributed by atoms with van der Waals surface area (Å²) < 4.78 is 5.39. The van der Waals surface area contributed by atoms with Gasteiger partial charge in [0.15, 0.2) is 0 Å². The fourth-order valence-corrected chi connectivity index (χ4v) is 3.34. The van der Waals surface area contributed by atoms with Gasteiger partial charge in [-0.2, -0.15) is 0 Å². The maximum Gasteiger partial charge on any atom is 0.235 e. The number of hydrogen-bond donors (Lipinski definition) is 1. The normalized spacial score (nSPS) is 20.0. The number of rotatable bonds is 3. The minimum absolute atomic E-state index is 0.0310. The molecule has 3 rings (SSSR count). The predicted octanol–water partition coefficient (Wildman–Crippen LogP) is 3.80. The number of carbonyl (C=O) groups excluding carboxylic acids is 1. The third kappa shape index (κ3) is 2.18. The molecule has 0 bridgehead atoms. The monoisotopic (exact) mass is 301 g/mol. The quantitative estimate of drug-likeness (QED) is 0.936. The molecule has 2 aromatic rings. The van der Waals surface area contributed by atoms with E-state index in [1.165, 1.54) is 0 Å². The fourth-order valence-electron chi connectivity index (χ4n) is 2.96. The molecule has 1 aliphatic heterocycles.